The SMILES string of the molecule is NC(=NCCCN1CCN(c2ccccc2)CC1)N1CCOCC1. The number of para-hydroxylation sites is 1. The Balaban J connectivity index is 1.33. The fraction of sp³-hybridized carbons (Fsp3) is 0.611. The number of anilines is 1. The zero-order valence-corrected chi connectivity index (χ0v) is 14.4. The van der Waals surface area contributed by atoms with Gasteiger partial charge in [0.15, 0.2) is 5.96 Å². The molecule has 2 aliphatic heterocycles. The number of benzene rings is 1. The van der Waals surface area contributed by atoms with Gasteiger partial charge in [-0.05, 0) is 18.6 Å². The molecule has 1 aromatic rings. The molecule has 6 nitrogen and oxygen atoms in total. The van der Waals surface area contributed by atoms with Gasteiger partial charge in [-0.3, -0.25) is 9.89 Å². The van der Waals surface area contributed by atoms with E-state index in [-0.39, 0.29) is 0 Å². The first kappa shape index (κ1) is 17.0. The summed E-state index contributed by atoms with van der Waals surface area (Å²) in [6, 6.07) is 10.7. The second-order valence-electron chi connectivity index (χ2n) is 6.36. The highest BCUT2D eigenvalue weighted by atomic mass is 16.5. The first-order chi connectivity index (χ1) is 11.8. The highest BCUT2D eigenvalue weighted by Crippen LogP contribution is 2.15. The third kappa shape index (κ3) is 4.85. The van der Waals surface area contributed by atoms with Crippen LogP contribution in [-0.2, 0) is 4.74 Å². The van der Waals surface area contributed by atoms with Gasteiger partial charge in [0.1, 0.15) is 0 Å². The van der Waals surface area contributed by atoms with Crippen molar-refractivity contribution < 1.29 is 4.74 Å². The summed E-state index contributed by atoms with van der Waals surface area (Å²) in [6.07, 6.45) is 1.07. The van der Waals surface area contributed by atoms with E-state index in [1.165, 1.54) is 5.69 Å². The van der Waals surface area contributed by atoms with Crippen LogP contribution in [0.15, 0.2) is 35.3 Å². The number of guanidine groups is 1. The molecular formula is C18H29N5O. The van der Waals surface area contributed by atoms with Crippen molar-refractivity contribution in [2.75, 3.05) is 70.5 Å². The van der Waals surface area contributed by atoms with Crippen LogP contribution in [0.5, 0.6) is 0 Å². The van der Waals surface area contributed by atoms with Gasteiger partial charge in [-0.1, -0.05) is 18.2 Å². The Bertz CT molecular complexity index is 507. The number of nitrogens with zero attached hydrogens (tertiary/aromatic N) is 4. The van der Waals surface area contributed by atoms with E-state index in [1.54, 1.807) is 0 Å². The summed E-state index contributed by atoms with van der Waals surface area (Å²) in [5.41, 5.74) is 7.38. The number of nitrogens with two attached hydrogens (primary N) is 1. The van der Waals surface area contributed by atoms with Crippen LogP contribution in [0.1, 0.15) is 6.42 Å². The van der Waals surface area contributed by atoms with Crippen LogP contribution in [0.4, 0.5) is 5.69 Å². The molecule has 3 rings (SSSR count). The van der Waals surface area contributed by atoms with Gasteiger partial charge in [-0.2, -0.15) is 0 Å². The van der Waals surface area contributed by atoms with E-state index in [0.29, 0.717) is 5.96 Å². The fourth-order valence-electron chi connectivity index (χ4n) is 3.25. The summed E-state index contributed by atoms with van der Waals surface area (Å²) < 4.78 is 5.33. The van der Waals surface area contributed by atoms with Crippen LogP contribution in [0.3, 0.4) is 0 Å². The summed E-state index contributed by atoms with van der Waals surface area (Å²) in [6.45, 7) is 9.57. The first-order valence-electron chi connectivity index (χ1n) is 8.98. The molecule has 132 valence electrons. The smallest absolute Gasteiger partial charge is 0.191 e. The summed E-state index contributed by atoms with van der Waals surface area (Å²) in [5.74, 6) is 0.673. The molecule has 0 aromatic heterocycles. The predicted molar refractivity (Wildman–Crippen MR) is 98.6 cm³/mol. The number of hydrogen-bond donors (Lipinski definition) is 1. The molecule has 0 spiro atoms. The maximum atomic E-state index is 6.05. The second-order valence-corrected chi connectivity index (χ2v) is 6.36. The van der Waals surface area contributed by atoms with Gasteiger partial charge in [0.2, 0.25) is 0 Å². The average Bonchev–Trinajstić information content (AvgIpc) is 2.67. The molecule has 2 N–H and O–H groups in total. The van der Waals surface area contributed by atoms with E-state index >= 15 is 0 Å². The molecule has 0 saturated carbocycles. The van der Waals surface area contributed by atoms with Crippen molar-refractivity contribution in [3.63, 3.8) is 0 Å². The average molecular weight is 331 g/mol. The van der Waals surface area contributed by atoms with Crippen molar-refractivity contribution in [2.24, 2.45) is 10.7 Å². The van der Waals surface area contributed by atoms with E-state index in [9.17, 15) is 0 Å². The summed E-state index contributed by atoms with van der Waals surface area (Å²) in [5, 5.41) is 0. The Labute approximate surface area is 144 Å². The molecule has 24 heavy (non-hydrogen) atoms. The highest BCUT2D eigenvalue weighted by molar-refractivity contribution is 5.78. The van der Waals surface area contributed by atoms with Crippen LogP contribution in [0.2, 0.25) is 0 Å². The molecule has 0 radical (unpaired) electrons. The minimum Gasteiger partial charge on any atom is -0.378 e. The van der Waals surface area contributed by atoms with Crippen LogP contribution in [0.25, 0.3) is 0 Å². The number of rotatable bonds is 5. The fourth-order valence-corrected chi connectivity index (χ4v) is 3.25. The number of piperazine rings is 1. The molecule has 2 aliphatic rings. The van der Waals surface area contributed by atoms with Crippen molar-refractivity contribution in [1.29, 1.82) is 0 Å². The van der Waals surface area contributed by atoms with E-state index in [1.807, 2.05) is 0 Å². The molecule has 0 atom stereocenters. The predicted octanol–water partition coefficient (Wildman–Crippen LogP) is 0.846. The number of morpholine rings is 1. The molecule has 0 amide bonds. The van der Waals surface area contributed by atoms with Crippen LogP contribution >= 0.6 is 0 Å². The van der Waals surface area contributed by atoms with Gasteiger partial charge in [0.25, 0.3) is 0 Å². The quantitative estimate of drug-likeness (QED) is 0.492. The number of hydrogen-bond acceptors (Lipinski definition) is 4. The van der Waals surface area contributed by atoms with E-state index in [0.717, 1.165) is 72.0 Å². The second kappa shape index (κ2) is 8.89. The van der Waals surface area contributed by atoms with Crippen LogP contribution in [0, 0.1) is 0 Å². The Morgan fingerprint density at radius 2 is 1.71 bits per heavy atom. The van der Waals surface area contributed by atoms with Gasteiger partial charge in [-0.15, -0.1) is 0 Å². The minimum atomic E-state index is 0.673. The van der Waals surface area contributed by atoms with Gasteiger partial charge in [-0.25, -0.2) is 0 Å². The summed E-state index contributed by atoms with van der Waals surface area (Å²) in [4.78, 5) is 11.6. The maximum Gasteiger partial charge on any atom is 0.191 e. The summed E-state index contributed by atoms with van der Waals surface area (Å²) >= 11 is 0. The molecule has 2 saturated heterocycles. The Morgan fingerprint density at radius 3 is 2.42 bits per heavy atom. The maximum absolute atomic E-state index is 6.05. The molecule has 0 aliphatic carbocycles. The summed E-state index contributed by atoms with van der Waals surface area (Å²) in [7, 11) is 0. The van der Waals surface area contributed by atoms with Gasteiger partial charge in [0.05, 0.1) is 13.2 Å². The molecule has 0 bridgehead atoms. The van der Waals surface area contributed by atoms with Crippen molar-refractivity contribution in [3.05, 3.63) is 30.3 Å². The lowest BCUT2D eigenvalue weighted by Gasteiger charge is -2.36. The molecule has 6 heteroatoms. The zero-order chi connectivity index (χ0) is 16.6. The molecule has 1 aromatic carbocycles. The third-order valence-corrected chi connectivity index (χ3v) is 4.73. The monoisotopic (exact) mass is 331 g/mol. The van der Waals surface area contributed by atoms with Crippen molar-refractivity contribution >= 4 is 11.6 Å². The third-order valence-electron chi connectivity index (χ3n) is 4.73. The van der Waals surface area contributed by atoms with Crippen LogP contribution < -0.4 is 10.6 Å². The van der Waals surface area contributed by atoms with Crippen molar-refractivity contribution in [3.8, 4) is 0 Å². The minimum absolute atomic E-state index is 0.673. The topological polar surface area (TPSA) is 57.3 Å². The molecule has 2 heterocycles. The van der Waals surface area contributed by atoms with E-state index < -0.39 is 0 Å². The van der Waals surface area contributed by atoms with E-state index in [4.69, 9.17) is 10.5 Å². The largest absolute Gasteiger partial charge is 0.378 e. The van der Waals surface area contributed by atoms with E-state index in [2.05, 4.69) is 50.0 Å². The number of aliphatic imine (C=N–C) groups is 1. The Hall–Kier alpha value is -1.79. The van der Waals surface area contributed by atoms with Crippen LogP contribution in [-0.4, -0.2) is 81.3 Å². The Kier molecular flexibility index (Phi) is 6.32. The lowest BCUT2D eigenvalue weighted by Crippen LogP contribution is -2.47. The number of ether oxygens (including phenoxy) is 1. The molecule has 2 fully saturated rings. The van der Waals surface area contributed by atoms with Crippen molar-refractivity contribution in [1.82, 2.24) is 9.80 Å². The normalized spacial score (nSPS) is 20.4. The lowest BCUT2D eigenvalue weighted by atomic mass is 10.2. The molecular weight excluding hydrogens is 302 g/mol. The van der Waals surface area contributed by atoms with Gasteiger partial charge in [0, 0.05) is 58.0 Å². The zero-order valence-electron chi connectivity index (χ0n) is 14.4. The van der Waals surface area contributed by atoms with Crippen molar-refractivity contribution in [2.45, 2.75) is 6.42 Å². The van der Waals surface area contributed by atoms with Gasteiger partial charge >= 0.3 is 0 Å². The Morgan fingerprint density at radius 1 is 1.00 bits per heavy atom. The standard InChI is InChI=1S/C18H29N5O/c19-18(23-13-15-24-16-14-23)20-7-4-8-21-9-11-22(12-10-21)17-5-2-1-3-6-17/h1-3,5-6H,4,7-16H2,(H2,19,20). The highest BCUT2D eigenvalue weighted by Gasteiger charge is 2.16. The molecule has 0 unspecified atom stereocenters. The first-order valence-corrected chi connectivity index (χ1v) is 8.98. The van der Waals surface area contributed by atoms with Gasteiger partial charge < -0.3 is 20.3 Å². The lowest BCUT2D eigenvalue weighted by molar-refractivity contribution is 0.0674.